The number of amides is 4. The summed E-state index contributed by atoms with van der Waals surface area (Å²) in [5, 5.41) is 2.48. The number of anilines is 2. The summed E-state index contributed by atoms with van der Waals surface area (Å²) in [6.45, 7) is 1.25. The lowest BCUT2D eigenvalue weighted by atomic mass is 10.1. The second kappa shape index (κ2) is 10.5. The standard InChI is InChI=1S/C29H26F3N9O4/c1-14-5-6-33-23(35-14)18-8-19(18)25(43)37-27-34-9-20(29(30,31)32)26(38-27)45-13-17-11-40-10-16(15-3-4-15)7-21(24(40)36-17)41-12-22(42)39(2)28(41)44/h5-7,9-11,15,18-19H,3-4,8,12-13H2,1-2H3,(H,34,37,38,43)/t18-,19-/m0/s1. The molecule has 13 nitrogen and oxygen atoms in total. The van der Waals surface area contributed by atoms with Crippen molar-refractivity contribution in [3.63, 3.8) is 0 Å². The maximum absolute atomic E-state index is 13.8. The van der Waals surface area contributed by atoms with Gasteiger partial charge in [-0.05, 0) is 49.8 Å². The van der Waals surface area contributed by atoms with Gasteiger partial charge < -0.3 is 9.14 Å². The molecular formula is C29H26F3N9O4. The smallest absolute Gasteiger partial charge is 0.423 e. The van der Waals surface area contributed by atoms with Crippen LogP contribution in [-0.2, 0) is 22.4 Å². The van der Waals surface area contributed by atoms with Gasteiger partial charge in [-0.15, -0.1) is 0 Å². The number of pyridine rings is 1. The topological polar surface area (TPSA) is 148 Å². The molecule has 7 rings (SSSR count). The number of carbonyl (C=O) groups excluding carboxylic acids is 3. The van der Waals surface area contributed by atoms with Crippen molar-refractivity contribution >= 4 is 35.1 Å². The Labute approximate surface area is 253 Å². The molecule has 1 N–H and O–H groups in total. The molecule has 0 aromatic carbocycles. The molecule has 0 unspecified atom stereocenters. The van der Waals surface area contributed by atoms with Crippen molar-refractivity contribution in [1.29, 1.82) is 0 Å². The van der Waals surface area contributed by atoms with Crippen LogP contribution < -0.4 is 15.0 Å². The lowest BCUT2D eigenvalue weighted by molar-refractivity contribution is -0.139. The minimum absolute atomic E-state index is 0.151. The molecule has 45 heavy (non-hydrogen) atoms. The summed E-state index contributed by atoms with van der Waals surface area (Å²) in [7, 11) is 1.40. The fourth-order valence-corrected chi connectivity index (χ4v) is 5.34. The number of fused-ring (bicyclic) bond motifs is 1. The number of hydrogen-bond acceptors (Lipinski definition) is 9. The molecule has 3 fully saturated rings. The lowest BCUT2D eigenvalue weighted by Crippen LogP contribution is -2.30. The largest absolute Gasteiger partial charge is 0.471 e. The first kappa shape index (κ1) is 28.6. The van der Waals surface area contributed by atoms with E-state index in [0.29, 0.717) is 35.7 Å². The van der Waals surface area contributed by atoms with Gasteiger partial charge in [0.25, 0.3) is 0 Å². The van der Waals surface area contributed by atoms with Crippen LogP contribution in [0.15, 0.2) is 36.9 Å². The van der Waals surface area contributed by atoms with Gasteiger partial charge in [-0.25, -0.2) is 24.7 Å². The van der Waals surface area contributed by atoms with Crippen molar-refractivity contribution in [3.05, 3.63) is 65.3 Å². The SMILES string of the molecule is Cc1ccnc([C@H]2C[C@@H]2C(=O)Nc2ncc(C(F)(F)F)c(OCc3cn4cc(C5CC5)cc(N5CC(=O)N(C)C5=O)c4n3)n2)n1. The van der Waals surface area contributed by atoms with Crippen molar-refractivity contribution in [2.75, 3.05) is 23.8 Å². The van der Waals surface area contributed by atoms with Gasteiger partial charge in [0.2, 0.25) is 23.6 Å². The summed E-state index contributed by atoms with van der Waals surface area (Å²) >= 11 is 0. The maximum atomic E-state index is 13.8. The number of imide groups is 1. The monoisotopic (exact) mass is 621 g/mol. The minimum atomic E-state index is -4.83. The van der Waals surface area contributed by atoms with Crippen LogP contribution in [0.4, 0.5) is 29.6 Å². The molecule has 0 radical (unpaired) electrons. The van der Waals surface area contributed by atoms with Crippen LogP contribution in [0.5, 0.6) is 5.88 Å². The third-order valence-corrected chi connectivity index (χ3v) is 8.05. The number of rotatable bonds is 8. The normalized spacial score (nSPS) is 19.8. The summed E-state index contributed by atoms with van der Waals surface area (Å²) in [6, 6.07) is 3.07. The number of halogens is 3. The van der Waals surface area contributed by atoms with E-state index in [0.717, 1.165) is 29.0 Å². The first-order valence-electron chi connectivity index (χ1n) is 14.2. The molecule has 4 aromatic heterocycles. The molecule has 2 atom stereocenters. The third-order valence-electron chi connectivity index (χ3n) is 8.05. The van der Waals surface area contributed by atoms with Crippen molar-refractivity contribution in [2.24, 2.45) is 5.92 Å². The second-order valence-corrected chi connectivity index (χ2v) is 11.4. The molecule has 3 aliphatic rings. The lowest BCUT2D eigenvalue weighted by Gasteiger charge is -2.17. The molecule has 2 saturated carbocycles. The van der Waals surface area contributed by atoms with E-state index < -0.39 is 42.1 Å². The Hall–Kier alpha value is -5.15. The Kier molecular flexibility index (Phi) is 6.67. The quantitative estimate of drug-likeness (QED) is 0.290. The summed E-state index contributed by atoms with van der Waals surface area (Å²) in [4.78, 5) is 60.8. The van der Waals surface area contributed by atoms with Crippen LogP contribution >= 0.6 is 0 Å². The number of urea groups is 1. The van der Waals surface area contributed by atoms with Gasteiger partial charge in [0.15, 0.2) is 5.65 Å². The van der Waals surface area contributed by atoms with Crippen molar-refractivity contribution in [1.82, 2.24) is 34.2 Å². The highest BCUT2D eigenvalue weighted by Gasteiger charge is 2.46. The predicted molar refractivity (Wildman–Crippen MR) is 150 cm³/mol. The van der Waals surface area contributed by atoms with Crippen LogP contribution in [0.2, 0.25) is 0 Å². The van der Waals surface area contributed by atoms with Crippen LogP contribution in [0.25, 0.3) is 5.65 Å². The molecule has 4 aromatic rings. The van der Waals surface area contributed by atoms with E-state index in [2.05, 4.69) is 30.2 Å². The number of nitrogens with one attached hydrogen (secondary N) is 1. The molecule has 0 spiro atoms. The number of nitrogens with zero attached hydrogens (tertiary/aromatic N) is 8. The Morgan fingerprint density at radius 2 is 1.93 bits per heavy atom. The molecule has 4 amide bonds. The highest BCUT2D eigenvalue weighted by atomic mass is 19.4. The fourth-order valence-electron chi connectivity index (χ4n) is 5.34. The van der Waals surface area contributed by atoms with Crippen LogP contribution in [-0.4, -0.2) is 65.7 Å². The third kappa shape index (κ3) is 5.51. The molecule has 0 bridgehead atoms. The Morgan fingerprint density at radius 3 is 2.62 bits per heavy atom. The zero-order valence-corrected chi connectivity index (χ0v) is 24.1. The van der Waals surface area contributed by atoms with Gasteiger partial charge in [-0.1, -0.05) is 0 Å². The van der Waals surface area contributed by atoms with Gasteiger partial charge in [0.1, 0.15) is 24.5 Å². The number of imidazole rings is 1. The van der Waals surface area contributed by atoms with Crippen molar-refractivity contribution in [2.45, 2.75) is 50.8 Å². The van der Waals surface area contributed by atoms with Crippen LogP contribution in [0.1, 0.15) is 59.4 Å². The minimum Gasteiger partial charge on any atom is -0.471 e. The zero-order valence-electron chi connectivity index (χ0n) is 24.1. The number of aromatic nitrogens is 6. The fraction of sp³-hybridized carbons (Fsp3) is 0.379. The van der Waals surface area contributed by atoms with Gasteiger partial charge in [0, 0.05) is 49.4 Å². The van der Waals surface area contributed by atoms with Gasteiger partial charge in [-0.3, -0.25) is 24.7 Å². The molecule has 1 saturated heterocycles. The number of carbonyl (C=O) groups is 3. The number of alkyl halides is 3. The molecule has 232 valence electrons. The van der Waals surface area contributed by atoms with E-state index in [1.807, 2.05) is 19.2 Å². The van der Waals surface area contributed by atoms with E-state index in [-0.39, 0.29) is 30.0 Å². The Morgan fingerprint density at radius 1 is 1.13 bits per heavy atom. The number of likely N-dealkylation sites (N-methyl/N-ethyl adjacent to an activating group) is 1. The number of ether oxygens (including phenoxy) is 1. The summed E-state index contributed by atoms with van der Waals surface area (Å²) < 4.78 is 48.8. The molecular weight excluding hydrogens is 595 g/mol. The summed E-state index contributed by atoms with van der Waals surface area (Å²) in [6.07, 6.45) is 3.23. The average molecular weight is 622 g/mol. The average Bonchev–Trinajstić information content (AvgIpc) is 3.92. The summed E-state index contributed by atoms with van der Waals surface area (Å²) in [5.74, 6) is -1.78. The van der Waals surface area contributed by atoms with Crippen LogP contribution in [0, 0.1) is 12.8 Å². The Balaban J connectivity index is 1.12. The zero-order chi connectivity index (χ0) is 31.6. The van der Waals surface area contributed by atoms with Crippen molar-refractivity contribution in [3.8, 4) is 5.88 Å². The maximum Gasteiger partial charge on any atom is 0.423 e. The molecule has 2 aliphatic carbocycles. The van der Waals surface area contributed by atoms with E-state index in [1.165, 1.54) is 11.9 Å². The highest BCUT2D eigenvalue weighted by molar-refractivity contribution is 6.13. The van der Waals surface area contributed by atoms with E-state index in [4.69, 9.17) is 4.74 Å². The molecule has 16 heteroatoms. The van der Waals surface area contributed by atoms with Crippen LogP contribution in [0.3, 0.4) is 0 Å². The van der Waals surface area contributed by atoms with E-state index in [9.17, 15) is 27.6 Å². The van der Waals surface area contributed by atoms with E-state index >= 15 is 0 Å². The predicted octanol–water partition coefficient (Wildman–Crippen LogP) is 3.84. The first-order chi connectivity index (χ1) is 21.5. The summed E-state index contributed by atoms with van der Waals surface area (Å²) in [5.41, 5.74) is 1.52. The molecule has 5 heterocycles. The first-order valence-corrected chi connectivity index (χ1v) is 14.2. The van der Waals surface area contributed by atoms with Crippen molar-refractivity contribution < 1.29 is 32.3 Å². The Bertz CT molecular complexity index is 1870. The number of aryl methyl sites for hydroxylation is 1. The van der Waals surface area contributed by atoms with Gasteiger partial charge in [0.05, 0.1) is 11.4 Å². The number of hydrogen-bond donors (Lipinski definition) is 1. The molecule has 1 aliphatic heterocycles. The second-order valence-electron chi connectivity index (χ2n) is 11.4. The van der Waals surface area contributed by atoms with Gasteiger partial charge >= 0.3 is 12.2 Å². The highest BCUT2D eigenvalue weighted by Crippen LogP contribution is 2.46. The van der Waals surface area contributed by atoms with E-state index in [1.54, 1.807) is 22.9 Å². The van der Waals surface area contributed by atoms with Gasteiger partial charge in [-0.2, -0.15) is 18.2 Å².